The van der Waals surface area contributed by atoms with Crippen molar-refractivity contribution in [3.05, 3.63) is 85.3 Å². The van der Waals surface area contributed by atoms with Crippen LogP contribution in [0.5, 0.6) is 17.2 Å². The van der Waals surface area contributed by atoms with Gasteiger partial charge in [-0.15, -0.1) is 0 Å². The first-order valence-electron chi connectivity index (χ1n) is 9.96. The molecule has 3 aromatic carbocycles. The molecule has 0 saturated carbocycles. The van der Waals surface area contributed by atoms with Crippen molar-refractivity contribution in [2.24, 2.45) is 0 Å². The number of rotatable bonds is 8. The molecular weight excluding hydrogens is 534 g/mol. The van der Waals surface area contributed by atoms with E-state index in [1.54, 1.807) is 36.4 Å². The highest BCUT2D eigenvalue weighted by atomic mass is 35.5. The van der Waals surface area contributed by atoms with Crippen LogP contribution in [0.4, 0.5) is 5.69 Å². The van der Waals surface area contributed by atoms with Crippen LogP contribution >= 0.6 is 46.4 Å². The molecule has 0 radical (unpaired) electrons. The van der Waals surface area contributed by atoms with Crippen LogP contribution in [0.25, 0.3) is 6.08 Å². The first-order chi connectivity index (χ1) is 16.7. The highest BCUT2D eigenvalue weighted by molar-refractivity contribution is 6.42. The van der Waals surface area contributed by atoms with Crippen molar-refractivity contribution in [3.63, 3.8) is 0 Å². The molecule has 3 aromatic rings. The lowest BCUT2D eigenvalue weighted by atomic mass is 10.1. The second-order valence-corrected chi connectivity index (χ2v) is 8.69. The Morgan fingerprint density at radius 2 is 1.66 bits per heavy atom. The molecule has 180 valence electrons. The minimum absolute atomic E-state index is 0.176. The predicted molar refractivity (Wildman–Crippen MR) is 139 cm³/mol. The average Bonchev–Trinajstić information content (AvgIpc) is 2.84. The Bertz CT molecular complexity index is 1340. The van der Waals surface area contributed by atoms with Gasteiger partial charge in [-0.25, -0.2) is 0 Å². The van der Waals surface area contributed by atoms with Crippen LogP contribution in [-0.2, 0) is 11.4 Å². The fourth-order valence-corrected chi connectivity index (χ4v) is 3.74. The summed E-state index contributed by atoms with van der Waals surface area (Å²) in [6.07, 6.45) is 1.38. The number of benzene rings is 3. The SMILES string of the molecule is COc1cc(NC(=O)/C(C#N)=C/c2cc(Cl)ccc2OCc2ccc(Cl)c(Cl)c2)c(OC)cc1Cl. The molecule has 0 aliphatic rings. The number of anilines is 1. The van der Waals surface area contributed by atoms with Gasteiger partial charge in [-0.2, -0.15) is 5.26 Å². The molecule has 0 heterocycles. The van der Waals surface area contributed by atoms with Gasteiger partial charge >= 0.3 is 0 Å². The number of carbonyl (C=O) groups excluding carboxylic acids is 1. The van der Waals surface area contributed by atoms with Crippen LogP contribution in [0, 0.1) is 11.3 Å². The lowest BCUT2D eigenvalue weighted by molar-refractivity contribution is -0.112. The molecular formula is C25H18Cl4N2O4. The number of ether oxygens (including phenoxy) is 3. The summed E-state index contributed by atoms with van der Waals surface area (Å²) in [5, 5.41) is 13.9. The minimum Gasteiger partial charge on any atom is -0.495 e. The van der Waals surface area contributed by atoms with Crippen LogP contribution in [0.2, 0.25) is 20.1 Å². The van der Waals surface area contributed by atoms with E-state index in [4.69, 9.17) is 60.6 Å². The molecule has 3 rings (SSSR count). The molecule has 0 aromatic heterocycles. The van der Waals surface area contributed by atoms with E-state index in [0.717, 1.165) is 5.56 Å². The summed E-state index contributed by atoms with van der Waals surface area (Å²) in [6, 6.07) is 14.9. The van der Waals surface area contributed by atoms with Crippen molar-refractivity contribution in [1.29, 1.82) is 5.26 Å². The summed E-state index contributed by atoms with van der Waals surface area (Å²) < 4.78 is 16.4. The molecule has 0 unspecified atom stereocenters. The van der Waals surface area contributed by atoms with Gasteiger partial charge in [-0.1, -0.05) is 52.5 Å². The van der Waals surface area contributed by atoms with Crippen molar-refractivity contribution in [2.75, 3.05) is 19.5 Å². The molecule has 0 bridgehead atoms. The number of nitrogens with one attached hydrogen (secondary N) is 1. The number of nitrogens with zero attached hydrogens (tertiary/aromatic N) is 1. The van der Waals surface area contributed by atoms with E-state index in [1.807, 2.05) is 6.07 Å². The summed E-state index contributed by atoms with van der Waals surface area (Å²) in [4.78, 5) is 12.9. The van der Waals surface area contributed by atoms with Gasteiger partial charge in [-0.05, 0) is 42.0 Å². The predicted octanol–water partition coefficient (Wildman–Crippen LogP) is 7.44. The van der Waals surface area contributed by atoms with E-state index >= 15 is 0 Å². The molecule has 1 amide bonds. The minimum atomic E-state index is -0.675. The molecule has 10 heteroatoms. The van der Waals surface area contributed by atoms with Gasteiger partial charge in [0.15, 0.2) is 0 Å². The Hall–Kier alpha value is -3.08. The standard InChI is InChI=1S/C25H18Cl4N2O4/c1-33-23-11-21(24(34-2)10-20(23)29)31-25(32)16(12-30)8-15-9-17(26)4-6-22(15)35-13-14-3-5-18(27)19(28)7-14/h3-11H,13H2,1-2H3,(H,31,32)/b16-8+. The van der Waals surface area contributed by atoms with Gasteiger partial charge in [0.1, 0.15) is 35.5 Å². The number of amides is 1. The second kappa shape index (κ2) is 12.1. The quantitative estimate of drug-likeness (QED) is 0.232. The molecule has 0 aliphatic heterocycles. The molecule has 6 nitrogen and oxygen atoms in total. The summed E-state index contributed by atoms with van der Waals surface area (Å²) in [5.41, 5.74) is 1.31. The third-order valence-electron chi connectivity index (χ3n) is 4.74. The first kappa shape index (κ1) is 26.5. The third-order valence-corrected chi connectivity index (χ3v) is 6.01. The molecule has 0 saturated heterocycles. The Balaban J connectivity index is 1.88. The number of methoxy groups -OCH3 is 2. The Morgan fingerprint density at radius 3 is 2.31 bits per heavy atom. The summed E-state index contributed by atoms with van der Waals surface area (Å²) in [5.74, 6) is 0.366. The van der Waals surface area contributed by atoms with E-state index in [9.17, 15) is 10.1 Å². The number of halogens is 4. The van der Waals surface area contributed by atoms with Crippen LogP contribution < -0.4 is 19.5 Å². The monoisotopic (exact) mass is 550 g/mol. The number of carbonyl (C=O) groups is 1. The zero-order valence-electron chi connectivity index (χ0n) is 18.5. The van der Waals surface area contributed by atoms with E-state index in [1.165, 1.54) is 32.4 Å². The molecule has 1 N–H and O–H groups in total. The largest absolute Gasteiger partial charge is 0.495 e. The maximum absolute atomic E-state index is 12.9. The van der Waals surface area contributed by atoms with Gasteiger partial charge in [0.2, 0.25) is 0 Å². The van der Waals surface area contributed by atoms with Crippen molar-refractivity contribution in [3.8, 4) is 23.3 Å². The van der Waals surface area contributed by atoms with Gasteiger partial charge in [0.05, 0.1) is 35.0 Å². The maximum Gasteiger partial charge on any atom is 0.266 e. The topological polar surface area (TPSA) is 80.6 Å². The summed E-state index contributed by atoms with van der Waals surface area (Å²) in [6.45, 7) is 0.176. The molecule has 0 spiro atoms. The Labute approximate surface area is 222 Å². The van der Waals surface area contributed by atoms with Gasteiger partial charge in [-0.3, -0.25) is 4.79 Å². The van der Waals surface area contributed by atoms with Crippen molar-refractivity contribution < 1.29 is 19.0 Å². The lowest BCUT2D eigenvalue weighted by Gasteiger charge is -2.13. The van der Waals surface area contributed by atoms with E-state index in [-0.39, 0.29) is 17.9 Å². The van der Waals surface area contributed by atoms with Crippen molar-refractivity contribution >= 4 is 64.1 Å². The summed E-state index contributed by atoms with van der Waals surface area (Å²) >= 11 is 24.3. The molecule has 35 heavy (non-hydrogen) atoms. The smallest absolute Gasteiger partial charge is 0.266 e. The van der Waals surface area contributed by atoms with Gasteiger partial charge in [0, 0.05) is 22.7 Å². The van der Waals surface area contributed by atoms with E-state index in [0.29, 0.717) is 42.9 Å². The van der Waals surface area contributed by atoms with Crippen LogP contribution in [0.3, 0.4) is 0 Å². The van der Waals surface area contributed by atoms with Crippen LogP contribution in [-0.4, -0.2) is 20.1 Å². The molecule has 0 fully saturated rings. The average molecular weight is 552 g/mol. The van der Waals surface area contributed by atoms with Crippen molar-refractivity contribution in [2.45, 2.75) is 6.61 Å². The number of hydrogen-bond acceptors (Lipinski definition) is 5. The molecule has 0 atom stereocenters. The number of hydrogen-bond donors (Lipinski definition) is 1. The molecule has 0 aliphatic carbocycles. The Kier molecular flexibility index (Phi) is 9.13. The third kappa shape index (κ3) is 6.74. The summed E-state index contributed by atoms with van der Waals surface area (Å²) in [7, 11) is 2.87. The van der Waals surface area contributed by atoms with Crippen LogP contribution in [0.15, 0.2) is 54.1 Å². The first-order valence-corrected chi connectivity index (χ1v) is 11.5. The van der Waals surface area contributed by atoms with E-state index in [2.05, 4.69) is 5.32 Å². The highest BCUT2D eigenvalue weighted by Gasteiger charge is 2.16. The zero-order chi connectivity index (χ0) is 25.5. The fraction of sp³-hybridized carbons (Fsp3) is 0.120. The van der Waals surface area contributed by atoms with Gasteiger partial charge < -0.3 is 19.5 Å². The zero-order valence-corrected chi connectivity index (χ0v) is 21.5. The number of nitriles is 1. The maximum atomic E-state index is 12.9. The Morgan fingerprint density at radius 1 is 0.914 bits per heavy atom. The normalized spacial score (nSPS) is 10.9. The van der Waals surface area contributed by atoms with E-state index < -0.39 is 5.91 Å². The lowest BCUT2D eigenvalue weighted by Crippen LogP contribution is -2.14. The van der Waals surface area contributed by atoms with Crippen LogP contribution in [0.1, 0.15) is 11.1 Å². The highest BCUT2D eigenvalue weighted by Crippen LogP contribution is 2.36. The van der Waals surface area contributed by atoms with Gasteiger partial charge in [0.25, 0.3) is 5.91 Å². The second-order valence-electron chi connectivity index (χ2n) is 7.03. The van der Waals surface area contributed by atoms with Crippen molar-refractivity contribution in [1.82, 2.24) is 0 Å². The fourth-order valence-electron chi connectivity index (χ4n) is 3.01.